The third-order valence-corrected chi connectivity index (χ3v) is 3.20. The summed E-state index contributed by atoms with van der Waals surface area (Å²) in [6.07, 6.45) is 4.01. The highest BCUT2D eigenvalue weighted by Gasteiger charge is 2.23. The quantitative estimate of drug-likeness (QED) is 0.916. The van der Waals surface area contributed by atoms with Crippen molar-refractivity contribution < 1.29 is 18.4 Å². The monoisotopic (exact) mass is 261 g/mol. The van der Waals surface area contributed by atoms with Crippen LogP contribution in [0.3, 0.4) is 0 Å². The molecular formula is C14H15NO4. The smallest absolute Gasteiger partial charge is 0.225 e. The molecule has 2 aromatic heterocycles. The summed E-state index contributed by atoms with van der Waals surface area (Å²) in [4.78, 5) is 11.8. The van der Waals surface area contributed by atoms with Crippen LogP contribution in [0, 0.1) is 5.92 Å². The Balaban J connectivity index is 1.57. The SMILES string of the molecule is O=C(NCc1ccc(-c2ccoc2)o1)[C@H]1CCOC1. The molecule has 0 aliphatic carbocycles. The van der Waals surface area contributed by atoms with Gasteiger partial charge in [-0.05, 0) is 24.6 Å². The lowest BCUT2D eigenvalue weighted by Gasteiger charge is -2.07. The first-order chi connectivity index (χ1) is 9.33. The number of ether oxygens (including phenoxy) is 1. The largest absolute Gasteiger partial charge is 0.472 e. The van der Waals surface area contributed by atoms with Crippen LogP contribution >= 0.6 is 0 Å². The molecule has 1 atom stereocenters. The Bertz CT molecular complexity index is 538. The third kappa shape index (κ3) is 2.71. The van der Waals surface area contributed by atoms with Gasteiger partial charge in [-0.25, -0.2) is 0 Å². The molecule has 2 aromatic rings. The molecule has 1 saturated heterocycles. The molecule has 0 radical (unpaired) electrons. The van der Waals surface area contributed by atoms with Crippen molar-refractivity contribution in [1.82, 2.24) is 5.32 Å². The van der Waals surface area contributed by atoms with Crippen molar-refractivity contribution in [1.29, 1.82) is 0 Å². The molecule has 19 heavy (non-hydrogen) atoms. The maximum absolute atomic E-state index is 11.8. The third-order valence-electron chi connectivity index (χ3n) is 3.20. The first-order valence-electron chi connectivity index (χ1n) is 6.29. The second kappa shape index (κ2) is 5.32. The maximum atomic E-state index is 11.8. The standard InChI is InChI=1S/C14H15NO4/c16-14(11-4-6-18-9-11)15-7-12-1-2-13(19-12)10-3-5-17-8-10/h1-3,5,8,11H,4,6-7,9H2,(H,15,16)/t11-/m0/s1. The molecule has 3 rings (SSSR count). The summed E-state index contributed by atoms with van der Waals surface area (Å²) in [7, 11) is 0. The fraction of sp³-hybridized carbons (Fsp3) is 0.357. The van der Waals surface area contributed by atoms with Gasteiger partial charge in [0.1, 0.15) is 17.8 Å². The van der Waals surface area contributed by atoms with Crippen molar-refractivity contribution in [3.8, 4) is 11.3 Å². The van der Waals surface area contributed by atoms with Gasteiger partial charge in [0.2, 0.25) is 5.91 Å². The van der Waals surface area contributed by atoms with Crippen LogP contribution in [0.15, 0.2) is 39.6 Å². The van der Waals surface area contributed by atoms with E-state index in [2.05, 4.69) is 5.32 Å². The van der Waals surface area contributed by atoms with Gasteiger partial charge in [0.25, 0.3) is 0 Å². The van der Waals surface area contributed by atoms with Gasteiger partial charge in [-0.1, -0.05) is 0 Å². The topological polar surface area (TPSA) is 64.6 Å². The van der Waals surface area contributed by atoms with Gasteiger partial charge in [0.05, 0.1) is 30.9 Å². The Hall–Kier alpha value is -2.01. The summed E-state index contributed by atoms with van der Waals surface area (Å²) in [5.74, 6) is 1.47. The van der Waals surface area contributed by atoms with Crippen LogP contribution in [0.25, 0.3) is 11.3 Å². The van der Waals surface area contributed by atoms with Gasteiger partial charge in [-0.2, -0.15) is 0 Å². The average molecular weight is 261 g/mol. The molecule has 0 spiro atoms. The van der Waals surface area contributed by atoms with Gasteiger partial charge in [0.15, 0.2) is 0 Å². The molecule has 1 N–H and O–H groups in total. The summed E-state index contributed by atoms with van der Waals surface area (Å²) in [5, 5.41) is 2.86. The van der Waals surface area contributed by atoms with Gasteiger partial charge < -0.3 is 18.9 Å². The summed E-state index contributed by atoms with van der Waals surface area (Å²) in [5.41, 5.74) is 0.891. The van der Waals surface area contributed by atoms with Gasteiger partial charge in [-0.3, -0.25) is 4.79 Å². The predicted octanol–water partition coefficient (Wildman–Crippen LogP) is 2.19. The van der Waals surface area contributed by atoms with E-state index in [9.17, 15) is 4.79 Å². The van der Waals surface area contributed by atoms with Crippen LogP contribution in [-0.2, 0) is 16.1 Å². The fourth-order valence-electron chi connectivity index (χ4n) is 2.09. The Morgan fingerprint density at radius 2 is 2.32 bits per heavy atom. The van der Waals surface area contributed by atoms with E-state index in [4.69, 9.17) is 13.6 Å². The number of amides is 1. The zero-order chi connectivity index (χ0) is 13.1. The summed E-state index contributed by atoms with van der Waals surface area (Å²) in [6, 6.07) is 5.55. The summed E-state index contributed by atoms with van der Waals surface area (Å²) in [6.45, 7) is 1.58. The van der Waals surface area contributed by atoms with Crippen LogP contribution in [0.1, 0.15) is 12.2 Å². The zero-order valence-corrected chi connectivity index (χ0v) is 10.4. The van der Waals surface area contributed by atoms with Crippen molar-refractivity contribution in [3.05, 3.63) is 36.5 Å². The van der Waals surface area contributed by atoms with Gasteiger partial charge in [0, 0.05) is 6.61 Å². The van der Waals surface area contributed by atoms with Crippen molar-refractivity contribution in [2.45, 2.75) is 13.0 Å². The van der Waals surface area contributed by atoms with Gasteiger partial charge >= 0.3 is 0 Å². The molecule has 0 saturated carbocycles. The minimum absolute atomic E-state index is 0.0247. The highest BCUT2D eigenvalue weighted by atomic mass is 16.5. The molecule has 0 aromatic carbocycles. The maximum Gasteiger partial charge on any atom is 0.225 e. The molecule has 1 aliphatic rings. The lowest BCUT2D eigenvalue weighted by molar-refractivity contribution is -0.125. The molecule has 0 bridgehead atoms. The number of hydrogen-bond acceptors (Lipinski definition) is 4. The lowest BCUT2D eigenvalue weighted by Crippen LogP contribution is -2.30. The van der Waals surface area contributed by atoms with E-state index in [1.807, 2.05) is 18.2 Å². The Morgan fingerprint density at radius 3 is 3.05 bits per heavy atom. The van der Waals surface area contributed by atoms with Crippen molar-refractivity contribution in [2.24, 2.45) is 5.92 Å². The van der Waals surface area contributed by atoms with E-state index in [0.717, 1.165) is 23.5 Å². The Morgan fingerprint density at radius 1 is 1.37 bits per heavy atom. The van der Waals surface area contributed by atoms with E-state index in [0.29, 0.717) is 19.8 Å². The van der Waals surface area contributed by atoms with E-state index >= 15 is 0 Å². The molecular weight excluding hydrogens is 246 g/mol. The van der Waals surface area contributed by atoms with Crippen molar-refractivity contribution in [3.63, 3.8) is 0 Å². The number of hydrogen-bond donors (Lipinski definition) is 1. The minimum Gasteiger partial charge on any atom is -0.472 e. The second-order valence-electron chi connectivity index (χ2n) is 4.56. The second-order valence-corrected chi connectivity index (χ2v) is 4.56. The molecule has 1 fully saturated rings. The lowest BCUT2D eigenvalue weighted by atomic mass is 10.1. The van der Waals surface area contributed by atoms with Crippen molar-refractivity contribution in [2.75, 3.05) is 13.2 Å². The zero-order valence-electron chi connectivity index (χ0n) is 10.4. The summed E-state index contributed by atoms with van der Waals surface area (Å²) >= 11 is 0. The van der Waals surface area contributed by atoms with E-state index < -0.39 is 0 Å². The first kappa shape index (κ1) is 12.0. The Kier molecular flexibility index (Phi) is 3.37. The predicted molar refractivity (Wildman–Crippen MR) is 67.2 cm³/mol. The normalized spacial score (nSPS) is 18.6. The number of rotatable bonds is 4. The highest BCUT2D eigenvalue weighted by molar-refractivity contribution is 5.78. The molecule has 5 nitrogen and oxygen atoms in total. The van der Waals surface area contributed by atoms with Crippen molar-refractivity contribution >= 4 is 5.91 Å². The molecule has 5 heteroatoms. The molecule has 1 amide bonds. The molecule has 3 heterocycles. The van der Waals surface area contributed by atoms with E-state index in [1.54, 1.807) is 12.5 Å². The minimum atomic E-state index is -0.0247. The number of furan rings is 2. The first-order valence-corrected chi connectivity index (χ1v) is 6.29. The van der Waals surface area contributed by atoms with E-state index in [-0.39, 0.29) is 11.8 Å². The number of carbonyl (C=O) groups excluding carboxylic acids is 1. The van der Waals surface area contributed by atoms with Crippen LogP contribution in [0.4, 0.5) is 0 Å². The van der Waals surface area contributed by atoms with Crippen LogP contribution in [0.5, 0.6) is 0 Å². The molecule has 100 valence electrons. The average Bonchev–Trinajstić information content (AvgIpc) is 3.14. The Labute approximate surface area is 110 Å². The highest BCUT2D eigenvalue weighted by Crippen LogP contribution is 2.22. The van der Waals surface area contributed by atoms with Crippen LogP contribution in [0.2, 0.25) is 0 Å². The molecule has 1 aliphatic heterocycles. The van der Waals surface area contributed by atoms with Crippen LogP contribution in [-0.4, -0.2) is 19.1 Å². The number of carbonyl (C=O) groups is 1. The van der Waals surface area contributed by atoms with E-state index in [1.165, 1.54) is 0 Å². The van der Waals surface area contributed by atoms with Gasteiger partial charge in [-0.15, -0.1) is 0 Å². The summed E-state index contributed by atoms with van der Waals surface area (Å²) < 4.78 is 15.8. The fourth-order valence-corrected chi connectivity index (χ4v) is 2.09. The number of nitrogens with one attached hydrogen (secondary N) is 1. The molecule has 0 unspecified atom stereocenters. The van der Waals surface area contributed by atoms with Crippen LogP contribution < -0.4 is 5.32 Å².